The first kappa shape index (κ1) is 19.3. The van der Waals surface area contributed by atoms with Gasteiger partial charge in [0.15, 0.2) is 6.61 Å². The van der Waals surface area contributed by atoms with Crippen LogP contribution in [-0.4, -0.2) is 28.6 Å². The van der Waals surface area contributed by atoms with Crippen LogP contribution in [0.4, 0.5) is 0 Å². The lowest BCUT2D eigenvalue weighted by molar-refractivity contribution is -0.145. The maximum Gasteiger partial charge on any atom is 0.325 e. The number of carbonyl (C=O) groups is 2. The second-order valence-corrected chi connectivity index (χ2v) is 6.16. The molecule has 0 aliphatic carbocycles. The number of carbonyl (C=O) groups excluding carboxylic acids is 2. The quantitative estimate of drug-likeness (QED) is 0.605. The van der Waals surface area contributed by atoms with Gasteiger partial charge in [0.1, 0.15) is 6.54 Å². The van der Waals surface area contributed by atoms with Gasteiger partial charge in [-0.05, 0) is 17.5 Å². The number of hydrogen-bond donors (Lipinski definition) is 1. The third-order valence-corrected chi connectivity index (χ3v) is 4.08. The van der Waals surface area contributed by atoms with Crippen LogP contribution in [0.5, 0.6) is 0 Å². The van der Waals surface area contributed by atoms with E-state index in [-0.39, 0.29) is 31.4 Å². The molecule has 0 saturated heterocycles. The Bertz CT molecular complexity index is 920. The Hall–Kier alpha value is -3.48. The highest BCUT2D eigenvalue weighted by Crippen LogP contribution is 2.17. The fourth-order valence-electron chi connectivity index (χ4n) is 2.53. The molecule has 1 aromatic heterocycles. The number of nitrogens with one attached hydrogen (secondary N) is 1. The molecular formula is C21H21N3O4. The van der Waals surface area contributed by atoms with Crippen molar-refractivity contribution < 1.29 is 18.8 Å². The van der Waals surface area contributed by atoms with Crippen molar-refractivity contribution in [2.24, 2.45) is 0 Å². The van der Waals surface area contributed by atoms with Crippen molar-refractivity contribution in [3.63, 3.8) is 0 Å². The molecule has 7 nitrogen and oxygen atoms in total. The van der Waals surface area contributed by atoms with Crippen LogP contribution >= 0.6 is 0 Å². The lowest BCUT2D eigenvalue weighted by Gasteiger charge is -2.05. The average Bonchev–Trinajstić information content (AvgIpc) is 3.20. The van der Waals surface area contributed by atoms with Crippen LogP contribution in [0, 0.1) is 0 Å². The zero-order chi connectivity index (χ0) is 19.8. The van der Waals surface area contributed by atoms with Crippen molar-refractivity contribution in [2.45, 2.75) is 26.4 Å². The van der Waals surface area contributed by atoms with Gasteiger partial charge in [-0.1, -0.05) is 66.7 Å². The Morgan fingerprint density at radius 1 is 1.04 bits per heavy atom. The monoisotopic (exact) mass is 379 g/mol. The molecule has 28 heavy (non-hydrogen) atoms. The van der Waals surface area contributed by atoms with Crippen LogP contribution in [-0.2, 0) is 33.8 Å². The third kappa shape index (κ3) is 5.51. The lowest BCUT2D eigenvalue weighted by atomic mass is 10.1. The maximum atomic E-state index is 11.8. The van der Waals surface area contributed by atoms with Crippen LogP contribution in [0.3, 0.4) is 0 Å². The number of rotatable bonds is 8. The summed E-state index contributed by atoms with van der Waals surface area (Å²) in [5.74, 6) is -0.199. The lowest BCUT2D eigenvalue weighted by Crippen LogP contribution is -2.31. The van der Waals surface area contributed by atoms with Gasteiger partial charge in [-0.25, -0.2) is 0 Å². The van der Waals surface area contributed by atoms with Crippen LogP contribution < -0.4 is 5.32 Å². The Labute approximate surface area is 162 Å². The van der Waals surface area contributed by atoms with E-state index >= 15 is 0 Å². The maximum absolute atomic E-state index is 11.8. The SMILES string of the molecule is CCc1ccc(-c2noc(COC(=O)CNC(=O)Cc3ccccc3)n2)cc1. The summed E-state index contributed by atoms with van der Waals surface area (Å²) in [6.45, 7) is 1.72. The molecule has 0 fully saturated rings. The Morgan fingerprint density at radius 2 is 1.79 bits per heavy atom. The highest BCUT2D eigenvalue weighted by atomic mass is 16.6. The van der Waals surface area contributed by atoms with E-state index in [0.29, 0.717) is 5.82 Å². The molecule has 0 spiro atoms. The van der Waals surface area contributed by atoms with Crippen molar-refractivity contribution in [2.75, 3.05) is 6.54 Å². The van der Waals surface area contributed by atoms with E-state index < -0.39 is 5.97 Å². The fraction of sp³-hybridized carbons (Fsp3) is 0.238. The van der Waals surface area contributed by atoms with E-state index in [2.05, 4.69) is 22.4 Å². The van der Waals surface area contributed by atoms with Gasteiger partial charge in [0, 0.05) is 5.56 Å². The van der Waals surface area contributed by atoms with Crippen LogP contribution in [0.2, 0.25) is 0 Å². The molecule has 3 rings (SSSR count). The summed E-state index contributed by atoms with van der Waals surface area (Å²) in [6, 6.07) is 17.1. The van der Waals surface area contributed by atoms with Crippen LogP contribution in [0.25, 0.3) is 11.4 Å². The Kier molecular flexibility index (Phi) is 6.51. The minimum atomic E-state index is -0.575. The second-order valence-electron chi connectivity index (χ2n) is 6.16. The molecule has 0 unspecified atom stereocenters. The van der Waals surface area contributed by atoms with Gasteiger partial charge in [0.05, 0.1) is 6.42 Å². The molecule has 1 amide bonds. The van der Waals surface area contributed by atoms with Gasteiger partial charge in [-0.2, -0.15) is 4.98 Å². The van der Waals surface area contributed by atoms with Gasteiger partial charge in [-0.3, -0.25) is 9.59 Å². The molecule has 2 aromatic carbocycles. The number of amides is 1. The normalized spacial score (nSPS) is 10.5. The fourth-order valence-corrected chi connectivity index (χ4v) is 2.53. The zero-order valence-corrected chi connectivity index (χ0v) is 15.6. The van der Waals surface area contributed by atoms with Crippen molar-refractivity contribution in [1.82, 2.24) is 15.5 Å². The van der Waals surface area contributed by atoms with E-state index in [4.69, 9.17) is 9.26 Å². The van der Waals surface area contributed by atoms with Crippen molar-refractivity contribution >= 4 is 11.9 Å². The van der Waals surface area contributed by atoms with E-state index in [1.807, 2.05) is 54.6 Å². The van der Waals surface area contributed by atoms with Gasteiger partial charge in [0.25, 0.3) is 5.89 Å². The minimum absolute atomic E-state index is 0.145. The molecule has 0 saturated carbocycles. The molecule has 0 bridgehead atoms. The first-order chi connectivity index (χ1) is 13.6. The van der Waals surface area contributed by atoms with Crippen molar-refractivity contribution in [3.05, 3.63) is 71.6 Å². The first-order valence-electron chi connectivity index (χ1n) is 9.02. The molecule has 0 aliphatic rings. The molecule has 7 heteroatoms. The molecule has 3 aromatic rings. The van der Waals surface area contributed by atoms with E-state index in [1.165, 1.54) is 5.56 Å². The first-order valence-corrected chi connectivity index (χ1v) is 9.02. The summed E-state index contributed by atoms with van der Waals surface area (Å²) >= 11 is 0. The summed E-state index contributed by atoms with van der Waals surface area (Å²) in [7, 11) is 0. The van der Waals surface area contributed by atoms with Gasteiger partial charge in [0.2, 0.25) is 11.7 Å². The molecule has 0 aliphatic heterocycles. The average molecular weight is 379 g/mol. The molecule has 1 N–H and O–H groups in total. The number of ether oxygens (including phenoxy) is 1. The van der Waals surface area contributed by atoms with E-state index in [9.17, 15) is 9.59 Å². The second kappa shape index (κ2) is 9.45. The minimum Gasteiger partial charge on any atom is -0.454 e. The van der Waals surface area contributed by atoms with Crippen LogP contribution in [0.1, 0.15) is 23.9 Å². The highest BCUT2D eigenvalue weighted by Gasteiger charge is 2.12. The smallest absolute Gasteiger partial charge is 0.325 e. The number of esters is 1. The standard InChI is InChI=1S/C21H21N3O4/c1-2-15-8-10-17(11-9-15)21-23-19(28-24-21)14-27-20(26)13-22-18(25)12-16-6-4-3-5-7-16/h3-11H,2,12-14H2,1H3,(H,22,25). The highest BCUT2D eigenvalue weighted by molar-refractivity contribution is 5.83. The third-order valence-electron chi connectivity index (χ3n) is 4.08. The number of hydrogen-bond acceptors (Lipinski definition) is 6. The van der Waals surface area contributed by atoms with Crippen molar-refractivity contribution in [1.29, 1.82) is 0 Å². The Balaban J connectivity index is 1.43. The topological polar surface area (TPSA) is 94.3 Å². The largest absolute Gasteiger partial charge is 0.454 e. The van der Waals surface area contributed by atoms with E-state index in [0.717, 1.165) is 17.5 Å². The van der Waals surface area contributed by atoms with E-state index in [1.54, 1.807) is 0 Å². The summed E-state index contributed by atoms with van der Waals surface area (Å²) in [5.41, 5.74) is 2.92. The van der Waals surface area contributed by atoms with Gasteiger partial charge >= 0.3 is 5.97 Å². The van der Waals surface area contributed by atoms with Gasteiger partial charge in [-0.15, -0.1) is 0 Å². The predicted molar refractivity (Wildman–Crippen MR) is 102 cm³/mol. The molecule has 1 heterocycles. The predicted octanol–water partition coefficient (Wildman–Crippen LogP) is 2.70. The number of nitrogens with zero attached hydrogens (tertiary/aromatic N) is 2. The van der Waals surface area contributed by atoms with Gasteiger partial charge < -0.3 is 14.6 Å². The zero-order valence-electron chi connectivity index (χ0n) is 15.6. The summed E-state index contributed by atoms with van der Waals surface area (Å²) in [5, 5.41) is 6.42. The number of aryl methyl sites for hydroxylation is 1. The molecular weight excluding hydrogens is 358 g/mol. The summed E-state index contributed by atoms with van der Waals surface area (Å²) in [6.07, 6.45) is 1.16. The molecule has 0 atom stereocenters. The Morgan fingerprint density at radius 3 is 2.50 bits per heavy atom. The molecule has 144 valence electrons. The summed E-state index contributed by atoms with van der Waals surface area (Å²) < 4.78 is 10.2. The summed E-state index contributed by atoms with van der Waals surface area (Å²) in [4.78, 5) is 27.8. The number of benzene rings is 2. The van der Waals surface area contributed by atoms with Crippen molar-refractivity contribution in [3.8, 4) is 11.4 Å². The molecule has 0 radical (unpaired) electrons. The van der Waals surface area contributed by atoms with Crippen LogP contribution in [0.15, 0.2) is 59.1 Å². The number of aromatic nitrogens is 2.